The molecule has 5 heteroatoms. The molecule has 1 N–H and O–H groups in total. The Morgan fingerprint density at radius 3 is 2.39 bits per heavy atom. The van der Waals surface area contributed by atoms with Crippen LogP contribution in [-0.4, -0.2) is 18.5 Å². The van der Waals surface area contributed by atoms with Gasteiger partial charge in [-0.3, -0.25) is 9.59 Å². The van der Waals surface area contributed by atoms with Crippen LogP contribution in [0.15, 0.2) is 53.0 Å². The number of hydrogen-bond donors (Lipinski definition) is 1. The van der Waals surface area contributed by atoms with Gasteiger partial charge in [0.25, 0.3) is 5.91 Å². The lowest BCUT2D eigenvalue weighted by atomic mass is 10.1. The Balaban J connectivity index is 1.75. The molecular formula is C18H18BrNO3. The van der Waals surface area contributed by atoms with E-state index in [-0.39, 0.29) is 18.9 Å². The van der Waals surface area contributed by atoms with Crippen LogP contribution < -0.4 is 5.32 Å². The van der Waals surface area contributed by atoms with E-state index >= 15 is 0 Å². The largest absolute Gasteiger partial charge is 0.455 e. The van der Waals surface area contributed by atoms with Crippen molar-refractivity contribution in [1.29, 1.82) is 0 Å². The minimum Gasteiger partial charge on any atom is -0.455 e. The predicted octanol–water partition coefficient (Wildman–Crippen LogP) is 3.16. The molecule has 0 fully saturated rings. The van der Waals surface area contributed by atoms with E-state index in [2.05, 4.69) is 21.2 Å². The lowest BCUT2D eigenvalue weighted by Crippen LogP contribution is -2.28. The van der Waals surface area contributed by atoms with E-state index in [1.807, 2.05) is 55.5 Å². The molecule has 0 aromatic heterocycles. The van der Waals surface area contributed by atoms with Gasteiger partial charge < -0.3 is 10.1 Å². The van der Waals surface area contributed by atoms with Crippen molar-refractivity contribution in [2.24, 2.45) is 0 Å². The molecule has 0 bridgehead atoms. The van der Waals surface area contributed by atoms with Gasteiger partial charge in [0.1, 0.15) is 0 Å². The number of nitrogens with one attached hydrogen (secondary N) is 1. The van der Waals surface area contributed by atoms with Crippen molar-refractivity contribution in [3.8, 4) is 0 Å². The predicted molar refractivity (Wildman–Crippen MR) is 91.8 cm³/mol. The second-order valence-electron chi connectivity index (χ2n) is 5.13. The summed E-state index contributed by atoms with van der Waals surface area (Å²) in [5.41, 5.74) is 2.90. The lowest BCUT2D eigenvalue weighted by molar-refractivity contribution is -0.147. The third-order valence-corrected chi connectivity index (χ3v) is 4.17. The Kier molecular flexibility index (Phi) is 6.35. The second-order valence-corrected chi connectivity index (χ2v) is 5.99. The van der Waals surface area contributed by atoms with E-state index < -0.39 is 5.97 Å². The highest BCUT2D eigenvalue weighted by Gasteiger charge is 2.10. The molecule has 0 aliphatic rings. The Morgan fingerprint density at radius 2 is 1.70 bits per heavy atom. The quantitative estimate of drug-likeness (QED) is 0.788. The van der Waals surface area contributed by atoms with E-state index in [0.717, 1.165) is 21.2 Å². The molecule has 0 saturated heterocycles. The van der Waals surface area contributed by atoms with Crippen molar-refractivity contribution in [1.82, 2.24) is 5.32 Å². The summed E-state index contributed by atoms with van der Waals surface area (Å²) in [5.74, 6) is -0.728. The number of aryl methyl sites for hydroxylation is 1. The van der Waals surface area contributed by atoms with Crippen LogP contribution >= 0.6 is 15.9 Å². The summed E-state index contributed by atoms with van der Waals surface area (Å²) in [4.78, 5) is 23.5. The third-order valence-electron chi connectivity index (χ3n) is 3.39. The summed E-state index contributed by atoms with van der Waals surface area (Å²) in [5, 5.41) is 2.72. The summed E-state index contributed by atoms with van der Waals surface area (Å²) in [6.45, 7) is 2.05. The summed E-state index contributed by atoms with van der Waals surface area (Å²) in [7, 11) is 0. The van der Waals surface area contributed by atoms with Crippen LogP contribution in [0, 0.1) is 6.92 Å². The van der Waals surface area contributed by atoms with Crippen molar-refractivity contribution in [2.45, 2.75) is 19.9 Å². The van der Waals surface area contributed by atoms with Crippen molar-refractivity contribution in [3.05, 3.63) is 69.7 Å². The zero-order valence-electron chi connectivity index (χ0n) is 12.8. The number of benzene rings is 2. The molecule has 0 heterocycles. The summed E-state index contributed by atoms with van der Waals surface area (Å²) in [6.07, 6.45) is 0.171. The van der Waals surface area contributed by atoms with Crippen LogP contribution in [0.3, 0.4) is 0 Å². The number of amides is 1. The van der Waals surface area contributed by atoms with Crippen molar-refractivity contribution < 1.29 is 14.3 Å². The van der Waals surface area contributed by atoms with E-state index in [9.17, 15) is 9.59 Å². The lowest BCUT2D eigenvalue weighted by Gasteiger charge is -2.08. The van der Waals surface area contributed by atoms with Gasteiger partial charge in [0.15, 0.2) is 6.61 Å². The van der Waals surface area contributed by atoms with E-state index in [4.69, 9.17) is 4.74 Å². The van der Waals surface area contributed by atoms with Crippen LogP contribution in [0.1, 0.15) is 16.7 Å². The van der Waals surface area contributed by atoms with Crippen molar-refractivity contribution >= 4 is 27.8 Å². The summed E-state index contributed by atoms with van der Waals surface area (Å²) >= 11 is 3.42. The van der Waals surface area contributed by atoms with Gasteiger partial charge in [-0.05, 0) is 29.7 Å². The number of hydrogen-bond acceptors (Lipinski definition) is 3. The summed E-state index contributed by atoms with van der Waals surface area (Å²) < 4.78 is 5.95. The molecule has 0 aliphatic carbocycles. The van der Waals surface area contributed by atoms with Gasteiger partial charge >= 0.3 is 5.97 Å². The fourth-order valence-electron chi connectivity index (χ4n) is 2.05. The average Bonchev–Trinajstić information content (AvgIpc) is 2.54. The Hall–Kier alpha value is -2.14. The van der Waals surface area contributed by atoms with Crippen LogP contribution in [0.2, 0.25) is 0 Å². The third kappa shape index (κ3) is 5.53. The van der Waals surface area contributed by atoms with Gasteiger partial charge in [-0.15, -0.1) is 0 Å². The van der Waals surface area contributed by atoms with Gasteiger partial charge in [0, 0.05) is 11.0 Å². The number of halogens is 1. The van der Waals surface area contributed by atoms with E-state index in [1.54, 1.807) is 0 Å². The number of rotatable bonds is 6. The highest BCUT2D eigenvalue weighted by atomic mass is 79.9. The SMILES string of the molecule is Cc1ccccc1CC(=O)OCC(=O)NCc1ccccc1Br. The molecule has 4 nitrogen and oxygen atoms in total. The average molecular weight is 376 g/mol. The molecule has 2 aromatic carbocycles. The first-order chi connectivity index (χ1) is 11.1. The monoisotopic (exact) mass is 375 g/mol. The van der Waals surface area contributed by atoms with Crippen LogP contribution in [0.4, 0.5) is 0 Å². The topological polar surface area (TPSA) is 55.4 Å². The molecular weight excluding hydrogens is 358 g/mol. The molecule has 0 spiro atoms. The number of carbonyl (C=O) groups excluding carboxylic acids is 2. The van der Waals surface area contributed by atoms with Gasteiger partial charge in [0.2, 0.25) is 0 Å². The minimum atomic E-state index is -0.407. The molecule has 23 heavy (non-hydrogen) atoms. The Morgan fingerprint density at radius 1 is 1.04 bits per heavy atom. The molecule has 120 valence electrons. The number of ether oxygens (including phenoxy) is 1. The maximum Gasteiger partial charge on any atom is 0.310 e. The molecule has 0 saturated carbocycles. The molecule has 0 unspecified atom stereocenters. The molecule has 0 atom stereocenters. The number of carbonyl (C=O) groups is 2. The molecule has 2 rings (SSSR count). The second kappa shape index (κ2) is 8.48. The van der Waals surface area contributed by atoms with Crippen LogP contribution in [0.5, 0.6) is 0 Å². The fourth-order valence-corrected chi connectivity index (χ4v) is 2.47. The first-order valence-corrected chi connectivity index (χ1v) is 8.06. The summed E-state index contributed by atoms with van der Waals surface area (Å²) in [6, 6.07) is 15.2. The van der Waals surface area contributed by atoms with Gasteiger partial charge in [-0.2, -0.15) is 0 Å². The van der Waals surface area contributed by atoms with Crippen molar-refractivity contribution in [3.63, 3.8) is 0 Å². The van der Waals surface area contributed by atoms with Gasteiger partial charge in [0.05, 0.1) is 6.42 Å². The van der Waals surface area contributed by atoms with E-state index in [0.29, 0.717) is 6.54 Å². The van der Waals surface area contributed by atoms with E-state index in [1.165, 1.54) is 0 Å². The zero-order chi connectivity index (χ0) is 16.7. The maximum absolute atomic E-state index is 11.8. The molecule has 1 amide bonds. The highest BCUT2D eigenvalue weighted by Crippen LogP contribution is 2.15. The zero-order valence-corrected chi connectivity index (χ0v) is 14.4. The normalized spacial score (nSPS) is 10.2. The van der Waals surface area contributed by atoms with Gasteiger partial charge in [-0.1, -0.05) is 58.4 Å². The first-order valence-electron chi connectivity index (χ1n) is 7.26. The fraction of sp³-hybridized carbons (Fsp3) is 0.222. The number of esters is 1. The maximum atomic E-state index is 11.8. The van der Waals surface area contributed by atoms with Gasteiger partial charge in [-0.25, -0.2) is 0 Å². The van der Waals surface area contributed by atoms with Crippen molar-refractivity contribution in [2.75, 3.05) is 6.61 Å². The minimum absolute atomic E-state index is 0.171. The molecule has 0 radical (unpaired) electrons. The smallest absolute Gasteiger partial charge is 0.310 e. The molecule has 0 aliphatic heterocycles. The highest BCUT2D eigenvalue weighted by molar-refractivity contribution is 9.10. The standard InChI is InChI=1S/C18H18BrNO3/c1-13-6-2-3-7-14(13)10-18(22)23-12-17(21)20-11-15-8-4-5-9-16(15)19/h2-9H,10-12H2,1H3,(H,20,21). The van der Waals surface area contributed by atoms with Crippen LogP contribution in [-0.2, 0) is 27.3 Å². The Bertz CT molecular complexity index is 700. The first kappa shape index (κ1) is 17.2. The van der Waals surface area contributed by atoms with Crippen LogP contribution in [0.25, 0.3) is 0 Å². The molecule has 2 aromatic rings. The Labute approximate surface area is 144 Å².